The van der Waals surface area contributed by atoms with Crippen LogP contribution in [0.3, 0.4) is 0 Å². The Balaban J connectivity index is 2.27. The fourth-order valence-electron chi connectivity index (χ4n) is 3.53. The highest BCUT2D eigenvalue weighted by atomic mass is 16.1. The molecule has 0 radical (unpaired) electrons. The minimum atomic E-state index is -0.281. The lowest BCUT2D eigenvalue weighted by Gasteiger charge is -2.34. The van der Waals surface area contributed by atoms with E-state index in [1.807, 2.05) is 6.92 Å². The summed E-state index contributed by atoms with van der Waals surface area (Å²) < 4.78 is 0. The van der Waals surface area contributed by atoms with Crippen molar-refractivity contribution in [3.63, 3.8) is 0 Å². The van der Waals surface area contributed by atoms with E-state index in [0.717, 1.165) is 17.4 Å². The van der Waals surface area contributed by atoms with Crippen LogP contribution in [-0.2, 0) is 4.79 Å². The third-order valence-corrected chi connectivity index (χ3v) is 4.58. The smallest absolute Gasteiger partial charge is 0.244 e. The Bertz CT molecular complexity index is 392. The molecule has 0 aromatic carbocycles. The maximum atomic E-state index is 11.1. The molecule has 2 rings (SSSR count). The van der Waals surface area contributed by atoms with Crippen molar-refractivity contribution in [1.82, 2.24) is 0 Å². The molecule has 2 aliphatic rings. The first kappa shape index (κ1) is 12.4. The van der Waals surface area contributed by atoms with E-state index in [0.29, 0.717) is 5.92 Å². The molecule has 3 atom stereocenters. The van der Waals surface area contributed by atoms with E-state index >= 15 is 0 Å². The van der Waals surface area contributed by atoms with Gasteiger partial charge in [-0.25, -0.2) is 0 Å². The first-order valence-electron chi connectivity index (χ1n) is 6.68. The molecular formula is C15H23NO. The number of hydrogen-bond acceptors (Lipinski definition) is 1. The summed E-state index contributed by atoms with van der Waals surface area (Å²) in [4.78, 5) is 11.1. The second kappa shape index (κ2) is 4.67. The number of rotatable bonds is 2. The molecule has 0 saturated heterocycles. The Morgan fingerprint density at radius 1 is 1.35 bits per heavy atom. The van der Waals surface area contributed by atoms with Crippen LogP contribution in [0.2, 0.25) is 0 Å². The van der Waals surface area contributed by atoms with Crippen LogP contribution in [0.4, 0.5) is 0 Å². The van der Waals surface area contributed by atoms with Crippen LogP contribution in [-0.4, -0.2) is 5.91 Å². The van der Waals surface area contributed by atoms with Gasteiger partial charge in [-0.1, -0.05) is 24.1 Å². The van der Waals surface area contributed by atoms with Gasteiger partial charge in [0, 0.05) is 5.57 Å². The molecule has 0 aromatic heterocycles. The lowest BCUT2D eigenvalue weighted by molar-refractivity contribution is -0.114. The Morgan fingerprint density at radius 3 is 2.71 bits per heavy atom. The summed E-state index contributed by atoms with van der Waals surface area (Å²) >= 11 is 0. The highest BCUT2D eigenvalue weighted by Gasteiger charge is 2.35. The fourth-order valence-corrected chi connectivity index (χ4v) is 3.53. The van der Waals surface area contributed by atoms with Crippen LogP contribution in [0.5, 0.6) is 0 Å². The molecule has 2 nitrogen and oxygen atoms in total. The van der Waals surface area contributed by atoms with Crippen molar-refractivity contribution in [2.45, 2.75) is 46.5 Å². The Hall–Kier alpha value is -1.05. The van der Waals surface area contributed by atoms with E-state index in [1.165, 1.54) is 25.7 Å². The summed E-state index contributed by atoms with van der Waals surface area (Å²) in [6.45, 7) is 6.46. The molecule has 2 N–H and O–H groups in total. The van der Waals surface area contributed by atoms with Crippen molar-refractivity contribution in [3.8, 4) is 0 Å². The van der Waals surface area contributed by atoms with Gasteiger partial charge in [-0.05, 0) is 57.3 Å². The summed E-state index contributed by atoms with van der Waals surface area (Å²) in [5, 5.41) is 0. The molecule has 0 aliphatic heterocycles. The molecule has 2 heteroatoms. The SMILES string of the molecule is CC(=CC1CCC(C)C2CCC(C)=C12)C(N)=O. The van der Waals surface area contributed by atoms with E-state index < -0.39 is 0 Å². The molecule has 94 valence electrons. The highest BCUT2D eigenvalue weighted by Crippen LogP contribution is 2.48. The van der Waals surface area contributed by atoms with Crippen LogP contribution in [0.1, 0.15) is 46.5 Å². The first-order chi connectivity index (χ1) is 8.00. The molecule has 0 heterocycles. The molecule has 17 heavy (non-hydrogen) atoms. The minimum Gasteiger partial charge on any atom is -0.366 e. The van der Waals surface area contributed by atoms with Gasteiger partial charge in [0.2, 0.25) is 5.91 Å². The molecule has 0 spiro atoms. The van der Waals surface area contributed by atoms with E-state index in [9.17, 15) is 4.79 Å². The topological polar surface area (TPSA) is 43.1 Å². The Morgan fingerprint density at radius 2 is 2.06 bits per heavy atom. The van der Waals surface area contributed by atoms with Crippen molar-refractivity contribution in [2.24, 2.45) is 23.5 Å². The quantitative estimate of drug-likeness (QED) is 0.577. The molecule has 2 aliphatic carbocycles. The zero-order valence-corrected chi connectivity index (χ0v) is 11.1. The second-order valence-electron chi connectivity index (χ2n) is 5.76. The predicted octanol–water partition coefficient (Wildman–Crippen LogP) is 3.19. The number of primary amides is 1. The van der Waals surface area contributed by atoms with Crippen molar-refractivity contribution >= 4 is 5.91 Å². The zero-order chi connectivity index (χ0) is 12.6. The normalized spacial score (nSPS) is 33.8. The van der Waals surface area contributed by atoms with E-state index in [2.05, 4.69) is 19.9 Å². The van der Waals surface area contributed by atoms with Gasteiger partial charge in [0.05, 0.1) is 0 Å². The molecule has 1 amide bonds. The summed E-state index contributed by atoms with van der Waals surface area (Å²) in [5.41, 5.74) is 9.22. The molecular weight excluding hydrogens is 210 g/mol. The molecule has 0 aromatic rings. The van der Waals surface area contributed by atoms with Crippen molar-refractivity contribution < 1.29 is 4.79 Å². The minimum absolute atomic E-state index is 0.281. The van der Waals surface area contributed by atoms with Crippen LogP contribution < -0.4 is 5.73 Å². The third-order valence-electron chi connectivity index (χ3n) is 4.58. The standard InChI is InChI=1S/C15H23NO/c1-9-4-6-12(8-11(3)15(16)17)14-10(2)5-7-13(9)14/h8-9,12-13H,4-7H2,1-3H3,(H2,16,17). The summed E-state index contributed by atoms with van der Waals surface area (Å²) in [6.07, 6.45) is 7.10. The maximum Gasteiger partial charge on any atom is 0.244 e. The number of hydrogen-bond donors (Lipinski definition) is 1. The molecule has 0 bridgehead atoms. The van der Waals surface area contributed by atoms with E-state index in [4.69, 9.17) is 5.73 Å². The third kappa shape index (κ3) is 2.31. The molecule has 3 unspecified atom stereocenters. The van der Waals surface area contributed by atoms with Crippen LogP contribution in [0, 0.1) is 17.8 Å². The average Bonchev–Trinajstić information content (AvgIpc) is 2.66. The summed E-state index contributed by atoms with van der Waals surface area (Å²) in [5.74, 6) is 1.74. The van der Waals surface area contributed by atoms with Gasteiger partial charge in [0.25, 0.3) is 0 Å². The van der Waals surface area contributed by atoms with Gasteiger partial charge in [0.1, 0.15) is 0 Å². The van der Waals surface area contributed by atoms with Gasteiger partial charge in [0.15, 0.2) is 0 Å². The van der Waals surface area contributed by atoms with E-state index in [1.54, 1.807) is 11.1 Å². The van der Waals surface area contributed by atoms with Crippen molar-refractivity contribution in [2.75, 3.05) is 0 Å². The van der Waals surface area contributed by atoms with Gasteiger partial charge in [-0.3, -0.25) is 4.79 Å². The number of carbonyl (C=O) groups is 1. The van der Waals surface area contributed by atoms with Crippen LogP contribution in [0.25, 0.3) is 0 Å². The largest absolute Gasteiger partial charge is 0.366 e. The lowest BCUT2D eigenvalue weighted by atomic mass is 9.71. The number of carbonyl (C=O) groups excluding carboxylic acids is 1. The van der Waals surface area contributed by atoms with Crippen molar-refractivity contribution in [1.29, 1.82) is 0 Å². The van der Waals surface area contributed by atoms with Gasteiger partial charge >= 0.3 is 0 Å². The number of nitrogens with two attached hydrogens (primary N) is 1. The number of fused-ring (bicyclic) bond motifs is 1. The Kier molecular flexibility index (Phi) is 3.41. The number of amides is 1. The lowest BCUT2D eigenvalue weighted by Crippen LogP contribution is -2.24. The molecule has 1 fully saturated rings. The van der Waals surface area contributed by atoms with Gasteiger partial charge in [-0.15, -0.1) is 0 Å². The predicted molar refractivity (Wildman–Crippen MR) is 70.3 cm³/mol. The average molecular weight is 233 g/mol. The van der Waals surface area contributed by atoms with Gasteiger partial charge < -0.3 is 5.73 Å². The summed E-state index contributed by atoms with van der Waals surface area (Å²) in [7, 11) is 0. The second-order valence-corrected chi connectivity index (χ2v) is 5.76. The van der Waals surface area contributed by atoms with E-state index in [-0.39, 0.29) is 5.91 Å². The fraction of sp³-hybridized carbons (Fsp3) is 0.667. The van der Waals surface area contributed by atoms with Crippen LogP contribution in [0.15, 0.2) is 22.8 Å². The maximum absolute atomic E-state index is 11.1. The summed E-state index contributed by atoms with van der Waals surface area (Å²) in [6, 6.07) is 0. The van der Waals surface area contributed by atoms with Gasteiger partial charge in [-0.2, -0.15) is 0 Å². The van der Waals surface area contributed by atoms with Crippen LogP contribution >= 0.6 is 0 Å². The highest BCUT2D eigenvalue weighted by molar-refractivity contribution is 5.91. The molecule has 1 saturated carbocycles. The first-order valence-corrected chi connectivity index (χ1v) is 6.68. The number of allylic oxidation sites excluding steroid dienone is 3. The van der Waals surface area contributed by atoms with Crippen molar-refractivity contribution in [3.05, 3.63) is 22.8 Å². The Labute approximate surface area is 104 Å². The monoisotopic (exact) mass is 233 g/mol. The zero-order valence-electron chi connectivity index (χ0n) is 11.1.